The number of phosphoric ester groups is 2. The van der Waals surface area contributed by atoms with Crippen molar-refractivity contribution in [3.8, 4) is 0 Å². The van der Waals surface area contributed by atoms with Crippen LogP contribution in [0.2, 0.25) is 0 Å². The van der Waals surface area contributed by atoms with Gasteiger partial charge in [0, 0.05) is 25.7 Å². The van der Waals surface area contributed by atoms with Crippen molar-refractivity contribution in [2.24, 2.45) is 23.7 Å². The second-order valence-corrected chi connectivity index (χ2v) is 32.7. The van der Waals surface area contributed by atoms with Gasteiger partial charge in [0.15, 0.2) is 12.2 Å². The fourth-order valence-electron chi connectivity index (χ4n) is 11.9. The third-order valence-corrected chi connectivity index (χ3v) is 20.3. The van der Waals surface area contributed by atoms with E-state index in [-0.39, 0.29) is 25.7 Å². The van der Waals surface area contributed by atoms with Gasteiger partial charge in [0.25, 0.3) is 0 Å². The van der Waals surface area contributed by atoms with E-state index < -0.39 is 97.5 Å². The first kappa shape index (κ1) is 95.1. The molecular weight excluding hydrogens is 1270 g/mol. The highest BCUT2D eigenvalue weighted by Gasteiger charge is 2.30. The Morgan fingerprint density at radius 2 is 0.495 bits per heavy atom. The van der Waals surface area contributed by atoms with Crippen LogP contribution in [0, 0.1) is 23.7 Å². The zero-order valence-corrected chi connectivity index (χ0v) is 65.5. The summed E-state index contributed by atoms with van der Waals surface area (Å²) in [6.07, 6.45) is 52.8. The van der Waals surface area contributed by atoms with Crippen LogP contribution in [-0.4, -0.2) is 96.7 Å². The largest absolute Gasteiger partial charge is 0.472 e. The Kier molecular flexibility index (Phi) is 65.9. The Hall–Kier alpha value is -1.94. The summed E-state index contributed by atoms with van der Waals surface area (Å²) in [7, 11) is -9.92. The van der Waals surface area contributed by atoms with Crippen molar-refractivity contribution in [2.45, 2.75) is 414 Å². The van der Waals surface area contributed by atoms with E-state index in [0.717, 1.165) is 120 Å². The first-order chi connectivity index (χ1) is 46.6. The molecule has 3 N–H and O–H groups in total. The molecule has 0 bridgehead atoms. The summed E-state index contributed by atoms with van der Waals surface area (Å²) in [5.74, 6) is 0.942. The molecule has 97 heavy (non-hydrogen) atoms. The van der Waals surface area contributed by atoms with Gasteiger partial charge in [-0.2, -0.15) is 0 Å². The van der Waals surface area contributed by atoms with Crippen LogP contribution in [0.3, 0.4) is 0 Å². The first-order valence-corrected chi connectivity index (χ1v) is 43.2. The molecule has 3 unspecified atom stereocenters. The van der Waals surface area contributed by atoms with E-state index in [1.54, 1.807) is 0 Å². The quantitative estimate of drug-likeness (QED) is 0.0222. The average molecular weight is 1420 g/mol. The van der Waals surface area contributed by atoms with Gasteiger partial charge in [-0.05, 0) is 49.4 Å². The van der Waals surface area contributed by atoms with E-state index in [1.807, 2.05) is 0 Å². The number of aliphatic hydroxyl groups is 1. The van der Waals surface area contributed by atoms with Crippen LogP contribution in [0.1, 0.15) is 396 Å². The van der Waals surface area contributed by atoms with Crippen LogP contribution >= 0.6 is 15.6 Å². The molecule has 6 atom stereocenters. The van der Waals surface area contributed by atoms with E-state index in [4.69, 9.17) is 37.0 Å². The van der Waals surface area contributed by atoms with E-state index >= 15 is 0 Å². The van der Waals surface area contributed by atoms with Crippen LogP contribution in [0.15, 0.2) is 0 Å². The number of phosphoric acid groups is 2. The average Bonchev–Trinajstić information content (AvgIpc) is 1.20. The lowest BCUT2D eigenvalue weighted by Crippen LogP contribution is -2.30. The Labute approximate surface area is 594 Å². The third-order valence-electron chi connectivity index (χ3n) is 18.4. The van der Waals surface area contributed by atoms with E-state index in [2.05, 4.69) is 55.4 Å². The van der Waals surface area contributed by atoms with Gasteiger partial charge in [0.05, 0.1) is 26.4 Å². The molecule has 0 aliphatic rings. The molecule has 0 fully saturated rings. The molecule has 0 saturated heterocycles. The van der Waals surface area contributed by atoms with Crippen LogP contribution in [-0.2, 0) is 65.4 Å². The molecule has 0 aromatic heterocycles. The number of unbranched alkanes of at least 4 members (excludes halogenated alkanes) is 40. The standard InChI is InChI=1S/C78H152O17P2/c1-9-71(8)57-49-41-36-37-43-51-59-76(81)89-65-74(95-78(83)61-52-44-34-26-22-18-13-11-10-12-16-20-24-30-38-46-54-68(2)3)67-93-97(86,87)91-63-72(79)62-90-96(84,85)92-66-73(64-88-75(80)58-50-42-33-29-28-32-40-48-56-70(6)7)94-77(82)60-53-45-35-27-23-19-15-14-17-21-25-31-39-47-55-69(4)5/h68-74,79H,9-67H2,1-8H3,(H,84,85)(H,86,87)/t71?,72-,73-,74-/m1/s1. The predicted octanol–water partition coefficient (Wildman–Crippen LogP) is 22.8. The van der Waals surface area contributed by atoms with Crippen molar-refractivity contribution in [2.75, 3.05) is 39.6 Å². The SMILES string of the molecule is CCC(C)CCCCCCCCC(=O)OC[C@H](COP(=O)(O)OC[C@H](O)COP(=O)(O)OC[C@@H](COC(=O)CCCCCCCCCCC(C)C)OC(=O)CCCCCCCCCCCCCCCCC(C)C)OC(=O)CCCCCCCCCCCCCCCCCCC(C)C. The van der Waals surface area contributed by atoms with Crippen LogP contribution in [0.5, 0.6) is 0 Å². The van der Waals surface area contributed by atoms with Gasteiger partial charge in [-0.25, -0.2) is 9.13 Å². The lowest BCUT2D eigenvalue weighted by molar-refractivity contribution is -0.161. The smallest absolute Gasteiger partial charge is 0.462 e. The molecule has 0 aromatic rings. The second-order valence-electron chi connectivity index (χ2n) is 29.8. The summed E-state index contributed by atoms with van der Waals surface area (Å²) in [5, 5.41) is 10.6. The summed E-state index contributed by atoms with van der Waals surface area (Å²) < 4.78 is 68.6. The molecule has 0 heterocycles. The Bertz CT molecular complexity index is 1900. The third kappa shape index (κ3) is 70.9. The first-order valence-electron chi connectivity index (χ1n) is 40.2. The maximum absolute atomic E-state index is 13.1. The molecule has 0 aromatic carbocycles. The van der Waals surface area contributed by atoms with Crippen LogP contribution in [0.4, 0.5) is 0 Å². The summed E-state index contributed by atoms with van der Waals surface area (Å²) >= 11 is 0. The van der Waals surface area contributed by atoms with Gasteiger partial charge in [-0.3, -0.25) is 37.3 Å². The molecule has 0 spiro atoms. The summed E-state index contributed by atoms with van der Waals surface area (Å²) in [6.45, 7) is 14.2. The van der Waals surface area contributed by atoms with Crippen molar-refractivity contribution in [3.05, 3.63) is 0 Å². The van der Waals surface area contributed by atoms with Gasteiger partial charge >= 0.3 is 39.5 Å². The summed E-state index contributed by atoms with van der Waals surface area (Å²) in [4.78, 5) is 72.9. The second kappa shape index (κ2) is 67.2. The number of rotatable bonds is 75. The Morgan fingerprint density at radius 3 is 0.732 bits per heavy atom. The summed E-state index contributed by atoms with van der Waals surface area (Å²) in [6, 6.07) is 0. The molecule has 0 saturated carbocycles. The molecule has 17 nitrogen and oxygen atoms in total. The monoisotopic (exact) mass is 1420 g/mol. The summed E-state index contributed by atoms with van der Waals surface area (Å²) in [5.41, 5.74) is 0. The number of hydrogen-bond donors (Lipinski definition) is 3. The lowest BCUT2D eigenvalue weighted by Gasteiger charge is -2.21. The molecule has 0 radical (unpaired) electrons. The Balaban J connectivity index is 5.21. The minimum Gasteiger partial charge on any atom is -0.462 e. The Morgan fingerprint density at radius 1 is 0.289 bits per heavy atom. The molecule has 0 aliphatic heterocycles. The fourth-order valence-corrected chi connectivity index (χ4v) is 13.5. The minimum atomic E-state index is -4.96. The maximum Gasteiger partial charge on any atom is 0.472 e. The number of carbonyl (C=O) groups is 4. The highest BCUT2D eigenvalue weighted by atomic mass is 31.2. The van der Waals surface area contributed by atoms with E-state index in [9.17, 15) is 43.2 Å². The van der Waals surface area contributed by atoms with Crippen LogP contribution < -0.4 is 0 Å². The highest BCUT2D eigenvalue weighted by Crippen LogP contribution is 2.45. The highest BCUT2D eigenvalue weighted by molar-refractivity contribution is 7.47. The van der Waals surface area contributed by atoms with Crippen LogP contribution in [0.25, 0.3) is 0 Å². The number of carbonyl (C=O) groups excluding carboxylic acids is 4. The number of ether oxygens (including phenoxy) is 4. The zero-order valence-electron chi connectivity index (χ0n) is 63.7. The number of esters is 4. The van der Waals surface area contributed by atoms with Crippen molar-refractivity contribution in [1.82, 2.24) is 0 Å². The van der Waals surface area contributed by atoms with Crippen molar-refractivity contribution in [3.63, 3.8) is 0 Å². The van der Waals surface area contributed by atoms with E-state index in [1.165, 1.54) is 193 Å². The molecule has 0 aliphatic carbocycles. The number of aliphatic hydroxyl groups excluding tert-OH is 1. The normalized spacial score (nSPS) is 14.4. The van der Waals surface area contributed by atoms with Gasteiger partial charge in [0.1, 0.15) is 19.3 Å². The topological polar surface area (TPSA) is 237 Å². The molecule has 19 heteroatoms. The van der Waals surface area contributed by atoms with Crippen molar-refractivity contribution in [1.29, 1.82) is 0 Å². The zero-order chi connectivity index (χ0) is 71.7. The molecular formula is C78H152O17P2. The van der Waals surface area contributed by atoms with Crippen molar-refractivity contribution < 1.29 is 80.2 Å². The lowest BCUT2D eigenvalue weighted by atomic mass is 10.00. The van der Waals surface area contributed by atoms with Gasteiger partial charge in [0.2, 0.25) is 0 Å². The van der Waals surface area contributed by atoms with E-state index in [0.29, 0.717) is 25.7 Å². The molecule has 0 amide bonds. The van der Waals surface area contributed by atoms with Gasteiger partial charge < -0.3 is 33.8 Å². The van der Waals surface area contributed by atoms with Crippen molar-refractivity contribution >= 4 is 39.5 Å². The predicted molar refractivity (Wildman–Crippen MR) is 395 cm³/mol. The number of hydrogen-bond acceptors (Lipinski definition) is 15. The van der Waals surface area contributed by atoms with Gasteiger partial charge in [-0.15, -0.1) is 0 Å². The molecule has 576 valence electrons. The van der Waals surface area contributed by atoms with Gasteiger partial charge in [-0.1, -0.05) is 344 Å². The minimum absolute atomic E-state index is 0.106. The fraction of sp³-hybridized carbons (Fsp3) is 0.949. The molecule has 0 rings (SSSR count). The maximum atomic E-state index is 13.1.